The summed E-state index contributed by atoms with van der Waals surface area (Å²) in [6.07, 6.45) is 29.9. The Labute approximate surface area is 511 Å². The number of nitrogens with one attached hydrogen (secondary N) is 2. The zero-order chi connectivity index (χ0) is 64.0. The molecule has 3 aromatic rings. The van der Waals surface area contributed by atoms with Gasteiger partial charge in [0.1, 0.15) is 0 Å². The Bertz CT molecular complexity index is 2560. The van der Waals surface area contributed by atoms with Gasteiger partial charge in [-0.1, -0.05) is 172 Å². The molecule has 10 atom stereocenters. The number of anilines is 3. The number of hydrogen-bond acceptors (Lipinski definition) is 8. The van der Waals surface area contributed by atoms with E-state index in [4.69, 9.17) is 28.6 Å². The zero-order valence-corrected chi connectivity index (χ0v) is 57.3. The molecule has 3 aromatic carbocycles. The van der Waals surface area contributed by atoms with Crippen LogP contribution in [0.4, 0.5) is 17.1 Å². The summed E-state index contributed by atoms with van der Waals surface area (Å²) in [4.78, 5) is 0. The summed E-state index contributed by atoms with van der Waals surface area (Å²) in [5.41, 5.74) is 13.1. The van der Waals surface area contributed by atoms with Crippen molar-refractivity contribution in [2.24, 2.45) is 75.4 Å². The number of nitrogen functional groups attached to an aromatic ring is 1. The summed E-state index contributed by atoms with van der Waals surface area (Å²) in [5.74, 6) is 16.3. The van der Waals surface area contributed by atoms with Crippen molar-refractivity contribution in [1.29, 1.82) is 0 Å². The molecule has 9 aliphatic carbocycles. The van der Waals surface area contributed by atoms with Gasteiger partial charge in [0.2, 0.25) is 20.0 Å². The first-order valence-corrected chi connectivity index (χ1v) is 34.8. The van der Waals surface area contributed by atoms with E-state index < -0.39 is 27.2 Å². The number of rotatable bonds is 8. The molecule has 14 heteroatoms. The van der Waals surface area contributed by atoms with Crippen LogP contribution < -0.4 is 15.2 Å². The molecular weight excluding hydrogens is 1070 g/mol. The Morgan fingerprint density at radius 1 is 0.646 bits per heavy atom. The minimum absolute atomic E-state index is 0.462. The van der Waals surface area contributed by atoms with E-state index in [1.165, 1.54) is 38.1 Å². The smallest absolute Gasteiger partial charge is 0.424 e. The van der Waals surface area contributed by atoms with Gasteiger partial charge < -0.3 is 15.8 Å². The highest BCUT2D eigenvalue weighted by Crippen LogP contribution is 2.67. The van der Waals surface area contributed by atoms with E-state index in [-0.39, 0.29) is 0 Å². The van der Waals surface area contributed by atoms with Crippen molar-refractivity contribution in [3.05, 3.63) is 107 Å². The van der Waals surface area contributed by atoms with E-state index >= 15 is 0 Å². The van der Waals surface area contributed by atoms with E-state index in [0.29, 0.717) is 27.6 Å². The molecule has 0 saturated heterocycles. The molecule has 12 rings (SSSR count). The first kappa shape index (κ1) is 80.0. The molecule has 4 unspecified atom stereocenters. The van der Waals surface area contributed by atoms with Crippen LogP contribution in [0.5, 0.6) is 0 Å². The molecule has 460 valence electrons. The molecule has 6 N–H and O–H groups in total. The number of hydrogen-bond donors (Lipinski definition) is 6. The summed E-state index contributed by atoms with van der Waals surface area (Å²) in [5, 5.41) is 17.2. The SMILES string of the molecule is C#Cc1ccc(N)cc1.C#Cc1ccc(NS(C)(=O)=O)cc1.CC.CC.CC.CC1=CC[C@@H]2C[C@H]1C2(C)C.CC1C(CC2C[C@@H]3C[C@H](C2C)C3(C)C)C[C@@H]2C[C@H]1C2(C)C.CCC.CS.CS(=O)(=O)Nc1ccc(/C=C/B(O)O)cc1.[B]C. The number of terminal acetylenes is 2. The highest BCUT2D eigenvalue weighted by atomic mass is 32.2. The van der Waals surface area contributed by atoms with Gasteiger partial charge in [-0.05, 0) is 200 Å². The second-order valence-electron chi connectivity index (χ2n) is 23.5. The molecule has 0 amide bonds. The maximum atomic E-state index is 10.9. The number of fused-ring (bicyclic) bond motifs is 5. The highest BCUT2D eigenvalue weighted by molar-refractivity contribution is 7.92. The van der Waals surface area contributed by atoms with Gasteiger partial charge >= 0.3 is 7.12 Å². The topological polar surface area (TPSA) is 159 Å². The van der Waals surface area contributed by atoms with E-state index in [1.54, 1.807) is 105 Å². The van der Waals surface area contributed by atoms with Crippen LogP contribution >= 0.6 is 12.6 Å². The van der Waals surface area contributed by atoms with E-state index in [2.05, 4.69) is 124 Å². The Balaban J connectivity index is 0. The maximum absolute atomic E-state index is 10.9. The predicted molar refractivity (Wildman–Crippen MR) is 366 cm³/mol. The lowest BCUT2D eigenvalue weighted by atomic mass is 9.40. The third-order valence-corrected chi connectivity index (χ3v) is 18.7. The Hall–Kier alpha value is -4.04. The molecule has 7 fully saturated rings. The van der Waals surface area contributed by atoms with Crippen molar-refractivity contribution in [3.8, 4) is 24.7 Å². The van der Waals surface area contributed by atoms with Crippen LogP contribution in [-0.4, -0.2) is 60.6 Å². The van der Waals surface area contributed by atoms with E-state index in [9.17, 15) is 16.8 Å². The Kier molecular flexibility index (Phi) is 37.9. The normalized spacial score (nSPS) is 25.0. The van der Waals surface area contributed by atoms with Crippen molar-refractivity contribution in [3.63, 3.8) is 0 Å². The Morgan fingerprint density at radius 3 is 1.27 bits per heavy atom. The highest BCUT2D eigenvalue weighted by Gasteiger charge is 2.59. The lowest BCUT2D eigenvalue weighted by Crippen LogP contribution is -2.57. The van der Waals surface area contributed by atoms with Crippen LogP contribution in [0.25, 0.3) is 6.08 Å². The predicted octanol–water partition coefficient (Wildman–Crippen LogP) is 16.6. The van der Waals surface area contributed by atoms with Gasteiger partial charge in [-0.3, -0.25) is 9.44 Å². The fourth-order valence-corrected chi connectivity index (χ4v) is 13.8. The van der Waals surface area contributed by atoms with Gasteiger partial charge in [0.25, 0.3) is 0 Å². The molecule has 7 saturated carbocycles. The largest absolute Gasteiger partial charge is 0.480 e. The summed E-state index contributed by atoms with van der Waals surface area (Å²) in [7, 11) is -3.45. The second kappa shape index (κ2) is 38.8. The monoisotopic (exact) mass is 1190 g/mol. The van der Waals surface area contributed by atoms with Crippen LogP contribution in [0, 0.1) is 100 Å². The van der Waals surface area contributed by atoms with Crippen LogP contribution in [0.2, 0.25) is 6.82 Å². The summed E-state index contributed by atoms with van der Waals surface area (Å²) < 4.78 is 48.1. The number of allylic oxidation sites excluding steroid dienone is 2. The molecule has 82 heavy (non-hydrogen) atoms. The lowest BCUT2D eigenvalue weighted by molar-refractivity contribution is -0.157. The molecule has 2 radical (unpaired) electrons. The third kappa shape index (κ3) is 25.3. The minimum atomic E-state index is -3.26. The minimum Gasteiger partial charge on any atom is -0.424 e. The number of sulfonamides is 2. The van der Waals surface area contributed by atoms with Crippen molar-refractivity contribution in [1.82, 2.24) is 0 Å². The number of thiol groups is 1. The summed E-state index contributed by atoms with van der Waals surface area (Å²) >= 11 is 3.53. The van der Waals surface area contributed by atoms with Crippen LogP contribution in [-0.2, 0) is 20.0 Å². The van der Waals surface area contributed by atoms with Gasteiger partial charge in [-0.2, -0.15) is 12.6 Å². The second-order valence-corrected chi connectivity index (χ2v) is 27.0. The van der Waals surface area contributed by atoms with Gasteiger partial charge in [0.05, 0.1) is 20.4 Å². The molecule has 0 heterocycles. The van der Waals surface area contributed by atoms with E-state index in [0.717, 1.165) is 94.1 Å². The first-order valence-electron chi connectivity index (χ1n) is 30.1. The molecule has 0 aliphatic heterocycles. The summed E-state index contributed by atoms with van der Waals surface area (Å²) in [6, 6.07) is 20.3. The van der Waals surface area contributed by atoms with E-state index in [1.807, 2.05) is 53.7 Å². The summed E-state index contributed by atoms with van der Waals surface area (Å²) in [6.45, 7) is 40.2. The molecule has 9 nitrogen and oxygen atoms in total. The van der Waals surface area contributed by atoms with Gasteiger partial charge in [-0.25, -0.2) is 16.8 Å². The lowest BCUT2D eigenvalue weighted by Gasteiger charge is -2.65. The van der Waals surface area contributed by atoms with Crippen LogP contribution in [0.15, 0.2) is 90.4 Å². The van der Waals surface area contributed by atoms with Gasteiger partial charge in [-0.15, -0.1) is 12.8 Å². The van der Waals surface area contributed by atoms with Crippen LogP contribution in [0.3, 0.4) is 0 Å². The molecule has 0 aromatic heterocycles. The van der Waals surface area contributed by atoms with Crippen molar-refractivity contribution < 1.29 is 26.9 Å². The molecular formula is C68H113B2N3O6S3. The fourth-order valence-electron chi connectivity index (χ4n) is 12.7. The van der Waals surface area contributed by atoms with Crippen molar-refractivity contribution in [2.75, 3.05) is 33.9 Å². The maximum Gasteiger partial charge on any atom is 0.480 e. The fraction of sp³-hybridized carbons (Fsp3) is 0.618. The third-order valence-electron chi connectivity index (χ3n) is 17.5. The van der Waals surface area contributed by atoms with Crippen LogP contribution in [0.1, 0.15) is 186 Å². The Morgan fingerprint density at radius 2 is 1.00 bits per heavy atom. The quantitative estimate of drug-likeness (QED) is 0.0431. The van der Waals surface area contributed by atoms with Crippen molar-refractivity contribution >= 4 is 70.8 Å². The van der Waals surface area contributed by atoms with Crippen molar-refractivity contribution in [2.45, 2.75) is 176 Å². The average Bonchev–Trinajstić information content (AvgIpc) is 3.44. The number of nitrogens with two attached hydrogens (primary N) is 1. The zero-order valence-electron chi connectivity index (χ0n) is 54.8. The molecule has 6 bridgehead atoms. The van der Waals surface area contributed by atoms with Gasteiger partial charge in [0, 0.05) is 28.2 Å². The molecule has 0 spiro atoms. The average molecular weight is 1190 g/mol. The number of benzene rings is 3. The molecule has 9 aliphatic rings. The standard InChI is InChI=1S/C21H36.C10H16.C9H12BNO4S.C9H9NO2S.C8H7N.C3H8.3C2H6.CH3B.CH4S/c1-12-14(8-16-10-18(12)20(16,3)4)7-15-9-17-11-19(13(15)2)21(17,5)6;1-7-4-5-8-6-9(7)10(8,2)3;1-16(14,15)11-9-4-2-8(3-5-9)6-7-10(12)13;1-3-8-4-6-9(7-5-8)10-13(2,11)12;1-2-7-3-5-8(9)6-4-7;1-3-2;5*1-2/h12-19H,7-11H2,1-6H3;4,8-9H,5-6H2,1-3H3;2-7,11-13H,1H3;1,4-7,10H,2H3;1,3-6H,9H2;3H2,1-2H3;3*1-2H3;1H3;2H,1H3/b;;7-6+;;;;;;;;/t12?,13?,14?,15?,16-,17-,18-,19-;8-,9-;;;;;;;;;/m11........./s1. The van der Waals surface area contributed by atoms with Gasteiger partial charge in [0.15, 0.2) is 0 Å². The first-order chi connectivity index (χ1) is 38.5.